The Morgan fingerprint density at radius 3 is 2.25 bits per heavy atom. The minimum Gasteiger partial charge on any atom is -0.270 e. The van der Waals surface area contributed by atoms with Crippen LogP contribution in [0.25, 0.3) is 0 Å². The first-order valence-electron chi connectivity index (χ1n) is 1.46. The summed E-state index contributed by atoms with van der Waals surface area (Å²) in [6, 6.07) is 0.583. The Hall–Kier alpha value is -0.170. The van der Waals surface area contributed by atoms with Crippen molar-refractivity contribution in [1.82, 2.24) is 5.32 Å². The van der Waals surface area contributed by atoms with E-state index >= 15 is 0 Å². The molecular formula is C3H6N+. The highest BCUT2D eigenvalue weighted by Gasteiger charge is 2.19. The van der Waals surface area contributed by atoms with Gasteiger partial charge < -0.3 is 0 Å². The van der Waals surface area contributed by atoms with Crippen LogP contribution in [0.15, 0.2) is 0 Å². The molecule has 1 N–H and O–H groups in total. The Balaban J connectivity index is 2.17. The summed E-state index contributed by atoms with van der Waals surface area (Å²) in [6.07, 6.45) is 0. The van der Waals surface area contributed by atoms with Crippen molar-refractivity contribution in [3.8, 4) is 0 Å². The van der Waals surface area contributed by atoms with Gasteiger partial charge in [-0.15, -0.1) is 0 Å². The van der Waals surface area contributed by atoms with Crippen molar-refractivity contribution in [3.05, 3.63) is 6.92 Å². The van der Waals surface area contributed by atoms with Crippen LogP contribution in [0.5, 0.6) is 0 Å². The number of hydrogen-bond acceptors (Lipinski definition) is 1. The summed E-state index contributed by atoms with van der Waals surface area (Å²) in [5.41, 5.74) is 0. The van der Waals surface area contributed by atoms with Crippen LogP contribution >= 0.6 is 0 Å². The van der Waals surface area contributed by atoms with E-state index in [1.54, 1.807) is 0 Å². The van der Waals surface area contributed by atoms with Gasteiger partial charge in [0.1, 0.15) is 0 Å². The van der Waals surface area contributed by atoms with Gasteiger partial charge in [-0.3, -0.25) is 5.32 Å². The Morgan fingerprint density at radius 2 is 2.25 bits per heavy atom. The maximum absolute atomic E-state index is 3.64. The fraction of sp³-hybridized carbons (Fsp3) is 0.667. The lowest BCUT2D eigenvalue weighted by Gasteiger charge is -1.41. The van der Waals surface area contributed by atoms with Gasteiger partial charge in [-0.2, -0.15) is 0 Å². The molecular weight excluding hydrogens is 50.0 g/mol. The van der Waals surface area contributed by atoms with Gasteiger partial charge in [0, 0.05) is 0 Å². The number of nitrogens with one attached hydrogen (secondary N) is 1. The van der Waals surface area contributed by atoms with Crippen LogP contribution in [0, 0.1) is 6.92 Å². The van der Waals surface area contributed by atoms with Crippen LogP contribution in [0.3, 0.4) is 0 Å². The standard InChI is InChI=1S/C3H6N/c1-3-2-4-3/h3-4H,1-2H2/q+1. The third kappa shape index (κ3) is 0.157. The van der Waals surface area contributed by atoms with Gasteiger partial charge in [0.2, 0.25) is 0 Å². The molecule has 22 valence electrons. The molecule has 0 aromatic carbocycles. The van der Waals surface area contributed by atoms with Crippen molar-refractivity contribution in [3.63, 3.8) is 0 Å². The first-order valence-corrected chi connectivity index (χ1v) is 1.46. The first-order chi connectivity index (χ1) is 1.89. The molecule has 1 aliphatic rings. The largest absolute Gasteiger partial charge is 0.270 e. The minimum absolute atomic E-state index is 0.583. The predicted molar refractivity (Wildman–Crippen MR) is 17.1 cm³/mol. The molecule has 1 unspecified atom stereocenters. The topological polar surface area (TPSA) is 21.9 Å². The maximum atomic E-state index is 3.64. The molecule has 4 heavy (non-hydrogen) atoms. The molecule has 0 aliphatic carbocycles. The van der Waals surface area contributed by atoms with Gasteiger partial charge in [0.15, 0.2) is 6.04 Å². The van der Waals surface area contributed by atoms with Crippen LogP contribution in [0.4, 0.5) is 0 Å². The lowest BCUT2D eigenvalue weighted by Crippen LogP contribution is -1.73. The Labute approximate surface area is 26.0 Å². The normalized spacial score (nSPS) is 39.5. The summed E-state index contributed by atoms with van der Waals surface area (Å²) in [6.45, 7) is 4.76. The zero-order chi connectivity index (χ0) is 2.99. The van der Waals surface area contributed by atoms with Crippen LogP contribution in [0.1, 0.15) is 0 Å². The van der Waals surface area contributed by atoms with Crippen molar-refractivity contribution in [2.45, 2.75) is 6.04 Å². The van der Waals surface area contributed by atoms with E-state index in [-0.39, 0.29) is 0 Å². The molecule has 1 nitrogen and oxygen atoms in total. The van der Waals surface area contributed by atoms with Crippen LogP contribution < -0.4 is 5.32 Å². The minimum atomic E-state index is 0.583. The molecule has 0 amide bonds. The van der Waals surface area contributed by atoms with E-state index in [0.29, 0.717) is 6.04 Å². The van der Waals surface area contributed by atoms with Crippen LogP contribution in [0.2, 0.25) is 0 Å². The van der Waals surface area contributed by atoms with Crippen molar-refractivity contribution >= 4 is 0 Å². The van der Waals surface area contributed by atoms with E-state index < -0.39 is 0 Å². The molecule has 0 saturated carbocycles. The van der Waals surface area contributed by atoms with E-state index in [1.807, 2.05) is 0 Å². The molecule has 0 aromatic rings. The van der Waals surface area contributed by atoms with Crippen molar-refractivity contribution in [2.24, 2.45) is 0 Å². The van der Waals surface area contributed by atoms with Gasteiger partial charge in [0.05, 0.1) is 13.5 Å². The predicted octanol–water partition coefficient (Wildman–Crippen LogP) is -0.208. The highest BCUT2D eigenvalue weighted by atomic mass is 15.1. The van der Waals surface area contributed by atoms with Crippen LogP contribution in [-0.4, -0.2) is 12.6 Å². The van der Waals surface area contributed by atoms with E-state index in [0.717, 1.165) is 6.54 Å². The van der Waals surface area contributed by atoms with Crippen molar-refractivity contribution < 1.29 is 0 Å². The molecule has 0 bridgehead atoms. The van der Waals surface area contributed by atoms with Crippen molar-refractivity contribution in [1.29, 1.82) is 0 Å². The molecule has 1 atom stereocenters. The van der Waals surface area contributed by atoms with E-state index in [9.17, 15) is 0 Å². The summed E-state index contributed by atoms with van der Waals surface area (Å²) >= 11 is 0. The van der Waals surface area contributed by atoms with Gasteiger partial charge in [0.25, 0.3) is 0 Å². The third-order valence-corrected chi connectivity index (χ3v) is 0.493. The Kier molecular flexibility index (Phi) is 0.212. The van der Waals surface area contributed by atoms with Gasteiger partial charge >= 0.3 is 0 Å². The first kappa shape index (κ1) is 2.09. The summed E-state index contributed by atoms with van der Waals surface area (Å²) in [5, 5.41) is 2.99. The Bertz CT molecular complexity index is 22.5. The molecule has 0 spiro atoms. The smallest absolute Gasteiger partial charge is 0.159 e. The average molecular weight is 56.1 g/mol. The molecule has 1 heterocycles. The fourth-order valence-electron chi connectivity index (χ4n) is 0.0833. The van der Waals surface area contributed by atoms with Gasteiger partial charge in [-0.05, 0) is 0 Å². The highest BCUT2D eigenvalue weighted by Crippen LogP contribution is 1.88. The summed E-state index contributed by atoms with van der Waals surface area (Å²) < 4.78 is 0. The maximum Gasteiger partial charge on any atom is 0.159 e. The summed E-state index contributed by atoms with van der Waals surface area (Å²) in [5.74, 6) is 0. The molecule has 0 radical (unpaired) electrons. The van der Waals surface area contributed by atoms with Crippen molar-refractivity contribution in [2.75, 3.05) is 6.54 Å². The quantitative estimate of drug-likeness (QED) is 0.301. The molecule has 1 saturated heterocycles. The summed E-state index contributed by atoms with van der Waals surface area (Å²) in [4.78, 5) is 0. The summed E-state index contributed by atoms with van der Waals surface area (Å²) in [7, 11) is 0. The number of hydrogen-bond donors (Lipinski definition) is 1. The zero-order valence-electron chi connectivity index (χ0n) is 2.49. The number of rotatable bonds is 0. The average Bonchev–Trinajstić information content (AvgIpc) is 1.75. The molecule has 1 rings (SSSR count). The molecule has 1 heteroatoms. The van der Waals surface area contributed by atoms with Gasteiger partial charge in [-0.25, -0.2) is 0 Å². The highest BCUT2D eigenvalue weighted by molar-refractivity contribution is 4.84. The second-order valence-electron chi connectivity index (χ2n) is 1.11. The Morgan fingerprint density at radius 1 is 2.00 bits per heavy atom. The third-order valence-electron chi connectivity index (χ3n) is 0.493. The van der Waals surface area contributed by atoms with Gasteiger partial charge in [-0.1, -0.05) is 0 Å². The molecule has 1 aliphatic heterocycles. The fourth-order valence-corrected chi connectivity index (χ4v) is 0.0833. The monoisotopic (exact) mass is 56.0 g/mol. The van der Waals surface area contributed by atoms with E-state index in [1.165, 1.54) is 0 Å². The second kappa shape index (κ2) is 0.406. The second-order valence-corrected chi connectivity index (χ2v) is 1.11. The molecule has 0 aromatic heterocycles. The zero-order valence-corrected chi connectivity index (χ0v) is 2.49. The van der Waals surface area contributed by atoms with Crippen LogP contribution in [-0.2, 0) is 0 Å². The van der Waals surface area contributed by atoms with E-state index in [2.05, 4.69) is 12.2 Å². The SMILES string of the molecule is [CH2+]C1CN1. The lowest BCUT2D eigenvalue weighted by atomic mass is 10.6. The lowest BCUT2D eigenvalue weighted by molar-refractivity contribution is 1.21. The molecule has 1 fully saturated rings. The van der Waals surface area contributed by atoms with E-state index in [4.69, 9.17) is 0 Å².